The molecule has 2 rings (SSSR count). The molecule has 129 valence electrons. The van der Waals surface area contributed by atoms with Gasteiger partial charge in [-0.15, -0.1) is 0 Å². The summed E-state index contributed by atoms with van der Waals surface area (Å²) in [4.78, 5) is 17.6. The van der Waals surface area contributed by atoms with Crippen LogP contribution < -0.4 is 5.32 Å². The molecule has 1 fully saturated rings. The maximum absolute atomic E-state index is 12.6. The number of carbonyl (C=O) groups excluding carboxylic acids is 1. The fourth-order valence-corrected chi connectivity index (χ4v) is 3.32. The van der Waals surface area contributed by atoms with Gasteiger partial charge >= 0.3 is 0 Å². The van der Waals surface area contributed by atoms with Gasteiger partial charge in [-0.1, -0.05) is 23.2 Å². The Balaban J connectivity index is 2.23. The van der Waals surface area contributed by atoms with E-state index in [-0.39, 0.29) is 23.4 Å². The average molecular weight is 363 g/mol. The molecule has 3 N–H and O–H groups in total. The fourth-order valence-electron chi connectivity index (χ4n) is 2.90. The third-order valence-electron chi connectivity index (χ3n) is 4.44. The number of halogens is 2. The van der Waals surface area contributed by atoms with Crippen LogP contribution in [0.15, 0.2) is 0 Å². The smallest absolute Gasteiger partial charge is 0.269 e. The van der Waals surface area contributed by atoms with Crippen LogP contribution in [0.5, 0.6) is 0 Å². The van der Waals surface area contributed by atoms with Gasteiger partial charge in [0.1, 0.15) is 5.69 Å². The number of aromatic nitrogens is 1. The molecule has 6 nitrogen and oxygen atoms in total. The minimum Gasteiger partial charge on any atom is -0.394 e. The van der Waals surface area contributed by atoms with Gasteiger partial charge < -0.3 is 25.0 Å². The molecular weight excluding hydrogens is 341 g/mol. The molecule has 2 heterocycles. The Kier molecular flexibility index (Phi) is 5.97. The molecule has 0 bridgehead atoms. The molecular formula is C15H22Cl2N3O3. The van der Waals surface area contributed by atoms with Crippen LogP contribution in [-0.2, 0) is 4.74 Å². The number of piperidine rings is 1. The number of aromatic amines is 1. The first-order chi connectivity index (χ1) is 10.9. The van der Waals surface area contributed by atoms with Gasteiger partial charge in [0.2, 0.25) is 0 Å². The van der Waals surface area contributed by atoms with Crippen molar-refractivity contribution in [2.75, 3.05) is 33.4 Å². The summed E-state index contributed by atoms with van der Waals surface area (Å²) in [7, 11) is 1.57. The molecule has 0 unspecified atom stereocenters. The molecule has 2 atom stereocenters. The molecule has 0 saturated carbocycles. The Morgan fingerprint density at radius 1 is 1.57 bits per heavy atom. The van der Waals surface area contributed by atoms with E-state index in [0.717, 1.165) is 0 Å². The van der Waals surface area contributed by atoms with E-state index < -0.39 is 11.4 Å². The number of aliphatic hydroxyl groups is 1. The van der Waals surface area contributed by atoms with E-state index in [1.54, 1.807) is 14.0 Å². The van der Waals surface area contributed by atoms with E-state index in [9.17, 15) is 9.90 Å². The maximum atomic E-state index is 12.6. The Morgan fingerprint density at radius 2 is 2.26 bits per heavy atom. The molecule has 23 heavy (non-hydrogen) atoms. The van der Waals surface area contributed by atoms with Crippen molar-refractivity contribution in [3.8, 4) is 0 Å². The number of hydrogen-bond acceptors (Lipinski definition) is 4. The average Bonchev–Trinajstić information content (AvgIpc) is 2.82. The Hall–Kier alpha value is -0.790. The SMILES string of the molecule is [CH2]CN1CC[C@](CO)(NC(=O)c2[nH]c(C)c(Cl)c2Cl)[C@@H](OC)C1. The Bertz CT molecular complexity index is 579. The van der Waals surface area contributed by atoms with Crippen molar-refractivity contribution < 1.29 is 14.6 Å². The van der Waals surface area contributed by atoms with Gasteiger partial charge in [-0.05, 0) is 26.8 Å². The molecule has 0 spiro atoms. The zero-order valence-corrected chi connectivity index (χ0v) is 14.8. The van der Waals surface area contributed by atoms with Gasteiger partial charge in [0.15, 0.2) is 0 Å². The summed E-state index contributed by atoms with van der Waals surface area (Å²) in [6.07, 6.45) is 0.200. The van der Waals surface area contributed by atoms with E-state index in [0.29, 0.717) is 36.8 Å². The van der Waals surface area contributed by atoms with Crippen LogP contribution in [0.25, 0.3) is 0 Å². The predicted molar refractivity (Wildman–Crippen MR) is 90.0 cm³/mol. The summed E-state index contributed by atoms with van der Waals surface area (Å²) < 4.78 is 5.51. The van der Waals surface area contributed by atoms with Crippen LogP contribution in [0.4, 0.5) is 0 Å². The van der Waals surface area contributed by atoms with E-state index in [4.69, 9.17) is 27.9 Å². The monoisotopic (exact) mass is 362 g/mol. The minimum atomic E-state index is -0.869. The molecule has 8 heteroatoms. The van der Waals surface area contributed by atoms with Crippen molar-refractivity contribution in [3.05, 3.63) is 28.4 Å². The van der Waals surface area contributed by atoms with Crippen LogP contribution in [0.2, 0.25) is 10.0 Å². The quantitative estimate of drug-likeness (QED) is 0.744. The summed E-state index contributed by atoms with van der Waals surface area (Å²) in [5, 5.41) is 13.3. The van der Waals surface area contributed by atoms with Crippen LogP contribution in [0.3, 0.4) is 0 Å². The van der Waals surface area contributed by atoms with Gasteiger partial charge in [-0.2, -0.15) is 0 Å². The highest BCUT2D eigenvalue weighted by Crippen LogP contribution is 2.30. The van der Waals surface area contributed by atoms with Crippen LogP contribution in [0, 0.1) is 13.8 Å². The van der Waals surface area contributed by atoms with Crippen molar-refractivity contribution in [2.24, 2.45) is 0 Å². The van der Waals surface area contributed by atoms with Crippen LogP contribution in [0.1, 0.15) is 22.6 Å². The zero-order chi connectivity index (χ0) is 17.2. The number of ether oxygens (including phenoxy) is 1. The molecule has 1 aliphatic rings. The maximum Gasteiger partial charge on any atom is 0.269 e. The summed E-state index contributed by atoms with van der Waals surface area (Å²) >= 11 is 12.1. The molecule has 0 aromatic carbocycles. The number of likely N-dealkylation sites (tertiary alicyclic amines) is 1. The first kappa shape index (κ1) is 18.5. The van der Waals surface area contributed by atoms with E-state index in [1.807, 2.05) is 0 Å². The first-order valence-corrected chi connectivity index (χ1v) is 8.15. The molecule has 1 aromatic heterocycles. The van der Waals surface area contributed by atoms with Crippen molar-refractivity contribution in [1.29, 1.82) is 0 Å². The second-order valence-corrected chi connectivity index (χ2v) is 6.55. The van der Waals surface area contributed by atoms with E-state index in [2.05, 4.69) is 22.1 Å². The summed E-state index contributed by atoms with van der Waals surface area (Å²) in [5.74, 6) is -0.413. The van der Waals surface area contributed by atoms with Gasteiger partial charge in [-0.25, -0.2) is 0 Å². The molecule has 1 saturated heterocycles. The number of hydrogen-bond donors (Lipinski definition) is 3. The van der Waals surface area contributed by atoms with Gasteiger partial charge in [0.25, 0.3) is 5.91 Å². The highest BCUT2D eigenvalue weighted by molar-refractivity contribution is 6.44. The second-order valence-electron chi connectivity index (χ2n) is 5.80. The zero-order valence-electron chi connectivity index (χ0n) is 13.3. The minimum absolute atomic E-state index is 0.180. The third kappa shape index (κ3) is 3.51. The first-order valence-electron chi connectivity index (χ1n) is 7.39. The Morgan fingerprint density at radius 3 is 2.74 bits per heavy atom. The lowest BCUT2D eigenvalue weighted by atomic mass is 9.85. The Labute approximate surface area is 146 Å². The number of H-pyrrole nitrogens is 1. The summed E-state index contributed by atoms with van der Waals surface area (Å²) in [5.41, 5.74) is -0.0572. The lowest BCUT2D eigenvalue weighted by Crippen LogP contribution is -2.66. The molecule has 1 amide bonds. The highest BCUT2D eigenvalue weighted by Gasteiger charge is 2.44. The number of amides is 1. The van der Waals surface area contributed by atoms with Crippen molar-refractivity contribution in [3.63, 3.8) is 0 Å². The van der Waals surface area contributed by atoms with Crippen LogP contribution in [-0.4, -0.2) is 65.9 Å². The van der Waals surface area contributed by atoms with E-state index in [1.165, 1.54) is 0 Å². The number of carbonyl (C=O) groups is 1. The van der Waals surface area contributed by atoms with Gasteiger partial charge in [0, 0.05) is 25.9 Å². The number of nitrogens with one attached hydrogen (secondary N) is 2. The van der Waals surface area contributed by atoms with Crippen molar-refractivity contribution >= 4 is 29.1 Å². The lowest BCUT2D eigenvalue weighted by molar-refractivity contribution is -0.0570. The van der Waals surface area contributed by atoms with Gasteiger partial charge in [0.05, 0.1) is 28.3 Å². The number of rotatable bonds is 5. The largest absolute Gasteiger partial charge is 0.394 e. The van der Waals surface area contributed by atoms with E-state index >= 15 is 0 Å². The van der Waals surface area contributed by atoms with Crippen molar-refractivity contribution in [2.45, 2.75) is 25.0 Å². The standard InChI is InChI=1S/C15H22Cl2N3O3/c1-4-20-6-5-15(8-21,10(7-20)23-3)19-14(22)13-12(17)11(16)9(2)18-13/h10,18,21H,1,4-8H2,2-3H3,(H,19,22)/t10-,15+/m0/s1. The van der Waals surface area contributed by atoms with Crippen molar-refractivity contribution in [1.82, 2.24) is 15.2 Å². The molecule has 1 radical (unpaired) electrons. The number of nitrogens with zero attached hydrogens (tertiary/aromatic N) is 1. The normalized spacial score (nSPS) is 25.6. The van der Waals surface area contributed by atoms with Gasteiger partial charge in [-0.3, -0.25) is 4.79 Å². The summed E-state index contributed by atoms with van der Waals surface area (Å²) in [6, 6.07) is 0. The second kappa shape index (κ2) is 7.40. The topological polar surface area (TPSA) is 77.6 Å². The third-order valence-corrected chi connectivity index (χ3v) is 5.39. The molecule has 1 aliphatic heterocycles. The summed E-state index contributed by atoms with van der Waals surface area (Å²) in [6.45, 7) is 7.31. The fraction of sp³-hybridized carbons (Fsp3) is 0.600. The lowest BCUT2D eigenvalue weighted by Gasteiger charge is -2.46. The number of aliphatic hydroxyl groups excluding tert-OH is 1. The number of aryl methyl sites for hydroxylation is 1. The number of methoxy groups -OCH3 is 1. The molecule has 1 aromatic rings. The highest BCUT2D eigenvalue weighted by atomic mass is 35.5. The predicted octanol–water partition coefficient (Wildman–Crippen LogP) is 1.65. The van der Waals surface area contributed by atoms with Crippen LogP contribution >= 0.6 is 23.2 Å². The molecule has 0 aliphatic carbocycles.